The first-order valence-electron chi connectivity index (χ1n) is 7.76. The molecule has 0 atom stereocenters. The van der Waals surface area contributed by atoms with Crippen molar-refractivity contribution in [2.45, 2.75) is 13.5 Å². The highest BCUT2D eigenvalue weighted by atomic mass is 16.1. The fourth-order valence-electron chi connectivity index (χ4n) is 2.80. The van der Waals surface area contributed by atoms with Gasteiger partial charge in [0.1, 0.15) is 0 Å². The van der Waals surface area contributed by atoms with Crippen LogP contribution in [0, 0.1) is 6.92 Å². The number of aromatic nitrogens is 2. The zero-order valence-electron chi connectivity index (χ0n) is 14.0. The van der Waals surface area contributed by atoms with Crippen LogP contribution in [-0.2, 0) is 6.54 Å². The number of pyridine rings is 2. The number of nitrogens with two attached hydrogens (primary N) is 1. The molecule has 2 N–H and O–H groups in total. The maximum atomic E-state index is 12.8. The van der Waals surface area contributed by atoms with E-state index in [1.54, 1.807) is 6.07 Å². The topological polar surface area (TPSA) is 81.2 Å². The molecule has 0 spiro atoms. The molecular formula is C18H20N4O2. The van der Waals surface area contributed by atoms with Crippen molar-refractivity contribution < 1.29 is 4.79 Å². The normalized spacial score (nSPS) is 11.5. The predicted molar refractivity (Wildman–Crippen MR) is 95.3 cm³/mol. The summed E-state index contributed by atoms with van der Waals surface area (Å²) < 4.78 is 1.53. The summed E-state index contributed by atoms with van der Waals surface area (Å²) in [7, 11) is 3.86. The number of benzene rings is 1. The number of carbonyl (C=O) groups excluding carboxylic acids is 1. The third kappa shape index (κ3) is 2.76. The third-order valence-electron chi connectivity index (χ3n) is 4.13. The third-order valence-corrected chi connectivity index (χ3v) is 4.13. The minimum Gasteiger partial charge on any atom is -0.365 e. The fraction of sp³-hybridized carbons (Fsp3) is 0.278. The van der Waals surface area contributed by atoms with Crippen LogP contribution in [0.5, 0.6) is 0 Å². The van der Waals surface area contributed by atoms with Crippen LogP contribution in [0.4, 0.5) is 0 Å². The molecule has 124 valence electrons. The molecule has 2 aromatic heterocycles. The highest BCUT2D eigenvalue weighted by Gasteiger charge is 2.15. The number of hydrogen-bond acceptors (Lipinski definition) is 4. The Labute approximate surface area is 139 Å². The molecule has 2 heterocycles. The molecule has 0 aliphatic carbocycles. The first kappa shape index (κ1) is 16.1. The van der Waals surface area contributed by atoms with Crippen LogP contribution in [0.15, 0.2) is 35.3 Å². The highest BCUT2D eigenvalue weighted by molar-refractivity contribution is 6.06. The Kier molecular flexibility index (Phi) is 4.07. The summed E-state index contributed by atoms with van der Waals surface area (Å²) in [5.41, 5.74) is 7.78. The number of carbonyl (C=O) groups is 1. The first-order chi connectivity index (χ1) is 11.4. The van der Waals surface area contributed by atoms with E-state index in [-0.39, 0.29) is 11.1 Å². The Hall–Kier alpha value is -2.73. The SMILES string of the molecule is Cc1cccc2cc3c(=O)n(CCN(C)C)cc(C(N)=O)c3nc12. The van der Waals surface area contributed by atoms with Gasteiger partial charge < -0.3 is 15.2 Å². The molecule has 3 aromatic rings. The summed E-state index contributed by atoms with van der Waals surface area (Å²) in [4.78, 5) is 31.2. The van der Waals surface area contributed by atoms with Gasteiger partial charge in [-0.2, -0.15) is 0 Å². The van der Waals surface area contributed by atoms with Gasteiger partial charge in [-0.15, -0.1) is 0 Å². The van der Waals surface area contributed by atoms with Crippen molar-refractivity contribution in [1.82, 2.24) is 14.5 Å². The van der Waals surface area contributed by atoms with E-state index in [9.17, 15) is 9.59 Å². The number of hydrogen-bond donors (Lipinski definition) is 1. The molecule has 1 aromatic carbocycles. The zero-order chi connectivity index (χ0) is 17.4. The van der Waals surface area contributed by atoms with Gasteiger partial charge >= 0.3 is 0 Å². The molecule has 24 heavy (non-hydrogen) atoms. The highest BCUT2D eigenvalue weighted by Crippen LogP contribution is 2.22. The molecule has 0 bridgehead atoms. The molecule has 0 fully saturated rings. The number of aryl methyl sites for hydroxylation is 1. The van der Waals surface area contributed by atoms with E-state index in [0.29, 0.717) is 24.0 Å². The van der Waals surface area contributed by atoms with Crippen molar-refractivity contribution in [2.75, 3.05) is 20.6 Å². The molecule has 0 unspecified atom stereocenters. The van der Waals surface area contributed by atoms with Crippen LogP contribution < -0.4 is 11.3 Å². The van der Waals surface area contributed by atoms with Gasteiger partial charge in [0, 0.05) is 24.7 Å². The van der Waals surface area contributed by atoms with Crippen LogP contribution in [0.3, 0.4) is 0 Å². The lowest BCUT2D eigenvalue weighted by molar-refractivity contribution is 0.100. The van der Waals surface area contributed by atoms with Crippen molar-refractivity contribution in [2.24, 2.45) is 5.73 Å². The number of para-hydroxylation sites is 1. The number of amides is 1. The number of rotatable bonds is 4. The van der Waals surface area contributed by atoms with Crippen LogP contribution in [0.25, 0.3) is 21.8 Å². The quantitative estimate of drug-likeness (QED) is 0.738. The lowest BCUT2D eigenvalue weighted by Gasteiger charge is -2.14. The van der Waals surface area contributed by atoms with Gasteiger partial charge in [0.15, 0.2) is 0 Å². The summed E-state index contributed by atoms with van der Waals surface area (Å²) in [5, 5.41) is 1.29. The molecule has 0 aliphatic rings. The Balaban J connectivity index is 2.35. The molecule has 1 amide bonds. The number of nitrogens with zero attached hydrogens (tertiary/aromatic N) is 3. The van der Waals surface area contributed by atoms with Crippen molar-refractivity contribution in [1.29, 1.82) is 0 Å². The number of fused-ring (bicyclic) bond motifs is 2. The summed E-state index contributed by atoms with van der Waals surface area (Å²) in [6.07, 6.45) is 1.52. The van der Waals surface area contributed by atoms with Gasteiger partial charge in [-0.3, -0.25) is 9.59 Å². The zero-order valence-corrected chi connectivity index (χ0v) is 14.0. The average Bonchev–Trinajstić information content (AvgIpc) is 2.53. The van der Waals surface area contributed by atoms with Gasteiger partial charge in [0.05, 0.1) is 22.0 Å². The van der Waals surface area contributed by atoms with Gasteiger partial charge in [0.25, 0.3) is 11.5 Å². The summed E-state index contributed by atoms with van der Waals surface area (Å²) in [6.45, 7) is 3.11. The van der Waals surface area contributed by atoms with E-state index in [4.69, 9.17) is 5.73 Å². The first-order valence-corrected chi connectivity index (χ1v) is 7.76. The molecule has 0 saturated carbocycles. The van der Waals surface area contributed by atoms with E-state index < -0.39 is 5.91 Å². The largest absolute Gasteiger partial charge is 0.365 e. The van der Waals surface area contributed by atoms with Crippen molar-refractivity contribution in [3.05, 3.63) is 51.9 Å². The van der Waals surface area contributed by atoms with Crippen LogP contribution >= 0.6 is 0 Å². The molecule has 3 rings (SSSR count). The fourth-order valence-corrected chi connectivity index (χ4v) is 2.80. The maximum Gasteiger partial charge on any atom is 0.260 e. The molecule has 0 aliphatic heterocycles. The maximum absolute atomic E-state index is 12.8. The van der Waals surface area contributed by atoms with E-state index in [2.05, 4.69) is 4.98 Å². The Morgan fingerprint density at radius 3 is 2.71 bits per heavy atom. The van der Waals surface area contributed by atoms with Crippen LogP contribution in [0.2, 0.25) is 0 Å². The van der Waals surface area contributed by atoms with Crippen molar-refractivity contribution in [3.8, 4) is 0 Å². The smallest absolute Gasteiger partial charge is 0.260 e. The Morgan fingerprint density at radius 1 is 1.29 bits per heavy atom. The molecule has 0 radical (unpaired) electrons. The standard InChI is InChI=1S/C18H20N4O2/c1-11-5-4-6-12-9-13-16(20-15(11)12)14(17(19)23)10-22(18(13)24)8-7-21(2)3/h4-6,9-10H,7-8H2,1-3H3,(H2,19,23). The van der Waals surface area contributed by atoms with Crippen molar-refractivity contribution in [3.63, 3.8) is 0 Å². The minimum absolute atomic E-state index is 0.159. The summed E-state index contributed by atoms with van der Waals surface area (Å²) in [6, 6.07) is 7.58. The van der Waals surface area contributed by atoms with E-state index >= 15 is 0 Å². The molecule has 6 heteroatoms. The monoisotopic (exact) mass is 324 g/mol. The second-order valence-corrected chi connectivity index (χ2v) is 6.24. The van der Waals surface area contributed by atoms with Gasteiger partial charge in [-0.25, -0.2) is 4.98 Å². The number of primary amides is 1. The van der Waals surface area contributed by atoms with Crippen LogP contribution in [-0.4, -0.2) is 41.0 Å². The summed E-state index contributed by atoms with van der Waals surface area (Å²) in [5.74, 6) is -0.584. The van der Waals surface area contributed by atoms with Gasteiger partial charge in [0.2, 0.25) is 0 Å². The predicted octanol–water partition coefficient (Wildman–Crippen LogP) is 1.52. The lowest BCUT2D eigenvalue weighted by atomic mass is 10.1. The van der Waals surface area contributed by atoms with Crippen molar-refractivity contribution >= 4 is 27.7 Å². The lowest BCUT2D eigenvalue weighted by Crippen LogP contribution is -2.28. The van der Waals surface area contributed by atoms with E-state index in [1.165, 1.54) is 10.8 Å². The van der Waals surface area contributed by atoms with Gasteiger partial charge in [-0.05, 0) is 32.6 Å². The second-order valence-electron chi connectivity index (χ2n) is 6.24. The second kappa shape index (κ2) is 6.05. The van der Waals surface area contributed by atoms with E-state index in [0.717, 1.165) is 16.5 Å². The molecule has 0 saturated heterocycles. The molecule has 6 nitrogen and oxygen atoms in total. The Morgan fingerprint density at radius 2 is 2.04 bits per heavy atom. The van der Waals surface area contributed by atoms with E-state index in [1.807, 2.05) is 44.1 Å². The molecular weight excluding hydrogens is 304 g/mol. The number of likely N-dealkylation sites (N-methyl/N-ethyl adjacent to an activating group) is 1. The van der Waals surface area contributed by atoms with Gasteiger partial charge in [-0.1, -0.05) is 18.2 Å². The van der Waals surface area contributed by atoms with Crippen LogP contribution in [0.1, 0.15) is 15.9 Å². The Bertz CT molecular complexity index is 1010. The summed E-state index contributed by atoms with van der Waals surface area (Å²) >= 11 is 0. The average molecular weight is 324 g/mol. The minimum atomic E-state index is -0.584.